The molecule has 0 saturated carbocycles. The van der Waals surface area contributed by atoms with E-state index < -0.39 is 11.8 Å². The Morgan fingerprint density at radius 3 is 2.52 bits per heavy atom. The van der Waals surface area contributed by atoms with E-state index in [9.17, 15) is 9.18 Å². The summed E-state index contributed by atoms with van der Waals surface area (Å²) in [5.74, 6) is -0.944. The van der Waals surface area contributed by atoms with E-state index in [-0.39, 0.29) is 11.6 Å². The van der Waals surface area contributed by atoms with Gasteiger partial charge < -0.3 is 15.4 Å². The average Bonchev–Trinajstić information content (AvgIpc) is 2.40. The SMILES string of the molecule is COC(=O)c1cc(F)cc(NC2CC(C)NC(C)C2)c1C. The molecule has 0 radical (unpaired) electrons. The van der Waals surface area contributed by atoms with Crippen molar-refractivity contribution in [2.75, 3.05) is 12.4 Å². The maximum absolute atomic E-state index is 13.8. The molecule has 2 rings (SSSR count). The van der Waals surface area contributed by atoms with Gasteiger partial charge in [0, 0.05) is 23.8 Å². The molecule has 116 valence electrons. The van der Waals surface area contributed by atoms with Crippen LogP contribution in [0, 0.1) is 12.7 Å². The molecule has 1 aromatic rings. The molecule has 4 nitrogen and oxygen atoms in total. The van der Waals surface area contributed by atoms with E-state index in [1.165, 1.54) is 19.2 Å². The Hall–Kier alpha value is -1.62. The van der Waals surface area contributed by atoms with Gasteiger partial charge in [0.2, 0.25) is 0 Å². The van der Waals surface area contributed by atoms with Crippen LogP contribution in [0.15, 0.2) is 12.1 Å². The van der Waals surface area contributed by atoms with Gasteiger partial charge in [-0.05, 0) is 51.3 Å². The van der Waals surface area contributed by atoms with Gasteiger partial charge in [0.05, 0.1) is 12.7 Å². The van der Waals surface area contributed by atoms with E-state index in [4.69, 9.17) is 4.74 Å². The molecular formula is C16H23FN2O2. The standard InChI is InChI=1S/C16H23FN2O2/c1-9-5-13(6-10(2)18-9)19-15-8-12(17)7-14(11(15)3)16(20)21-4/h7-10,13,18-19H,5-6H2,1-4H3. The molecule has 1 aromatic carbocycles. The highest BCUT2D eigenvalue weighted by Crippen LogP contribution is 2.25. The summed E-state index contributed by atoms with van der Waals surface area (Å²) < 4.78 is 18.5. The van der Waals surface area contributed by atoms with Gasteiger partial charge in [0.25, 0.3) is 0 Å². The summed E-state index contributed by atoms with van der Waals surface area (Å²) in [4.78, 5) is 11.7. The lowest BCUT2D eigenvalue weighted by Crippen LogP contribution is -2.46. The number of ether oxygens (including phenoxy) is 1. The molecule has 0 aliphatic carbocycles. The van der Waals surface area contributed by atoms with Crippen molar-refractivity contribution in [3.63, 3.8) is 0 Å². The largest absolute Gasteiger partial charge is 0.465 e. The predicted molar refractivity (Wildman–Crippen MR) is 81.2 cm³/mol. The first kappa shape index (κ1) is 15.8. The van der Waals surface area contributed by atoms with Gasteiger partial charge in [-0.2, -0.15) is 0 Å². The molecule has 1 aliphatic heterocycles. The van der Waals surface area contributed by atoms with Gasteiger partial charge in [-0.3, -0.25) is 0 Å². The monoisotopic (exact) mass is 294 g/mol. The van der Waals surface area contributed by atoms with Gasteiger partial charge in [-0.15, -0.1) is 0 Å². The van der Waals surface area contributed by atoms with E-state index >= 15 is 0 Å². The quantitative estimate of drug-likeness (QED) is 0.842. The molecular weight excluding hydrogens is 271 g/mol. The molecule has 1 aliphatic rings. The number of anilines is 1. The lowest BCUT2D eigenvalue weighted by molar-refractivity contribution is 0.0599. The van der Waals surface area contributed by atoms with Crippen molar-refractivity contribution < 1.29 is 13.9 Å². The van der Waals surface area contributed by atoms with Crippen molar-refractivity contribution in [2.24, 2.45) is 0 Å². The molecule has 2 N–H and O–H groups in total. The second kappa shape index (κ2) is 6.43. The van der Waals surface area contributed by atoms with Crippen LogP contribution in [0.25, 0.3) is 0 Å². The fourth-order valence-corrected chi connectivity index (χ4v) is 3.06. The molecule has 0 aromatic heterocycles. The summed E-state index contributed by atoms with van der Waals surface area (Å²) in [7, 11) is 1.30. The first-order valence-corrected chi connectivity index (χ1v) is 7.31. The van der Waals surface area contributed by atoms with Crippen molar-refractivity contribution >= 4 is 11.7 Å². The topological polar surface area (TPSA) is 50.4 Å². The van der Waals surface area contributed by atoms with Crippen LogP contribution >= 0.6 is 0 Å². The lowest BCUT2D eigenvalue weighted by atomic mass is 9.94. The molecule has 0 bridgehead atoms. The number of rotatable bonds is 3. The number of nitrogens with one attached hydrogen (secondary N) is 2. The van der Waals surface area contributed by atoms with E-state index in [2.05, 4.69) is 24.5 Å². The number of esters is 1. The summed E-state index contributed by atoms with van der Waals surface area (Å²) in [6.07, 6.45) is 1.93. The first-order valence-electron chi connectivity index (χ1n) is 7.31. The zero-order chi connectivity index (χ0) is 15.6. The molecule has 0 amide bonds. The summed E-state index contributed by atoms with van der Waals surface area (Å²) >= 11 is 0. The summed E-state index contributed by atoms with van der Waals surface area (Å²) in [6, 6.07) is 3.77. The zero-order valence-electron chi connectivity index (χ0n) is 13.0. The van der Waals surface area contributed by atoms with Crippen LogP contribution < -0.4 is 10.6 Å². The first-order chi connectivity index (χ1) is 9.90. The van der Waals surface area contributed by atoms with E-state index in [1.807, 2.05) is 6.92 Å². The number of hydrogen-bond donors (Lipinski definition) is 2. The van der Waals surface area contributed by atoms with Crippen molar-refractivity contribution in [2.45, 2.75) is 51.7 Å². The molecule has 5 heteroatoms. The van der Waals surface area contributed by atoms with Crippen LogP contribution in [0.5, 0.6) is 0 Å². The predicted octanol–water partition coefficient (Wildman–Crippen LogP) is 2.86. The van der Waals surface area contributed by atoms with Crippen molar-refractivity contribution in [1.82, 2.24) is 5.32 Å². The smallest absolute Gasteiger partial charge is 0.338 e. The minimum Gasteiger partial charge on any atom is -0.465 e. The number of benzene rings is 1. The van der Waals surface area contributed by atoms with Gasteiger partial charge in [-0.25, -0.2) is 9.18 Å². The van der Waals surface area contributed by atoms with Crippen LogP contribution in [0.3, 0.4) is 0 Å². The van der Waals surface area contributed by atoms with Gasteiger partial charge in [-0.1, -0.05) is 0 Å². The molecule has 0 spiro atoms. The highest BCUT2D eigenvalue weighted by atomic mass is 19.1. The van der Waals surface area contributed by atoms with Gasteiger partial charge in [0.1, 0.15) is 5.82 Å². The molecule has 21 heavy (non-hydrogen) atoms. The average molecular weight is 294 g/mol. The van der Waals surface area contributed by atoms with Crippen molar-refractivity contribution in [3.05, 3.63) is 29.1 Å². The number of methoxy groups -OCH3 is 1. The Morgan fingerprint density at radius 1 is 1.33 bits per heavy atom. The van der Waals surface area contributed by atoms with Crippen molar-refractivity contribution in [3.8, 4) is 0 Å². The number of halogens is 1. The number of piperidine rings is 1. The van der Waals surface area contributed by atoms with E-state index in [1.54, 1.807) is 0 Å². The minimum atomic E-state index is -0.512. The van der Waals surface area contributed by atoms with Gasteiger partial charge in [0.15, 0.2) is 0 Å². The molecule has 2 atom stereocenters. The fraction of sp³-hybridized carbons (Fsp3) is 0.562. The third kappa shape index (κ3) is 3.73. The molecule has 2 unspecified atom stereocenters. The van der Waals surface area contributed by atoms with Crippen LogP contribution in [-0.4, -0.2) is 31.2 Å². The van der Waals surface area contributed by atoms with Crippen LogP contribution in [0.4, 0.5) is 10.1 Å². The third-order valence-corrected chi connectivity index (χ3v) is 3.98. The Morgan fingerprint density at radius 2 is 1.95 bits per heavy atom. The van der Waals surface area contributed by atoms with Crippen LogP contribution in [0.1, 0.15) is 42.6 Å². The highest BCUT2D eigenvalue weighted by molar-refractivity contribution is 5.92. The fourth-order valence-electron chi connectivity index (χ4n) is 3.06. The van der Waals surface area contributed by atoms with E-state index in [0.717, 1.165) is 18.4 Å². The Kier molecular flexibility index (Phi) is 4.83. The second-order valence-corrected chi connectivity index (χ2v) is 5.90. The number of hydrogen-bond acceptors (Lipinski definition) is 4. The van der Waals surface area contributed by atoms with E-state index in [0.29, 0.717) is 17.8 Å². The third-order valence-electron chi connectivity index (χ3n) is 3.98. The minimum absolute atomic E-state index is 0.266. The lowest BCUT2D eigenvalue weighted by Gasteiger charge is -2.34. The normalized spacial score (nSPS) is 25.5. The van der Waals surface area contributed by atoms with Crippen molar-refractivity contribution in [1.29, 1.82) is 0 Å². The number of carbonyl (C=O) groups is 1. The summed E-state index contributed by atoms with van der Waals surface area (Å²) in [5, 5.41) is 6.85. The molecule has 1 heterocycles. The Bertz CT molecular complexity index is 523. The Balaban J connectivity index is 2.23. The zero-order valence-corrected chi connectivity index (χ0v) is 13.0. The summed E-state index contributed by atoms with van der Waals surface area (Å²) in [6.45, 7) is 6.09. The Labute approximate surface area is 125 Å². The molecule has 1 fully saturated rings. The second-order valence-electron chi connectivity index (χ2n) is 5.90. The van der Waals surface area contributed by atoms with Gasteiger partial charge >= 0.3 is 5.97 Å². The maximum atomic E-state index is 13.8. The van der Waals surface area contributed by atoms with Crippen LogP contribution in [-0.2, 0) is 4.74 Å². The molecule has 1 saturated heterocycles. The van der Waals surface area contributed by atoms with Crippen LogP contribution in [0.2, 0.25) is 0 Å². The maximum Gasteiger partial charge on any atom is 0.338 e. The highest BCUT2D eigenvalue weighted by Gasteiger charge is 2.24. The summed E-state index contributed by atoms with van der Waals surface area (Å²) in [5.41, 5.74) is 1.67. The number of carbonyl (C=O) groups excluding carboxylic acids is 1.